The van der Waals surface area contributed by atoms with Crippen LogP contribution in [-0.4, -0.2) is 16.0 Å². The first-order chi connectivity index (χ1) is 8.72. The topological polar surface area (TPSA) is 71.5 Å². The van der Waals surface area contributed by atoms with Crippen LogP contribution >= 0.6 is 23.4 Å². The third kappa shape index (κ3) is 2.75. The Kier molecular flexibility index (Phi) is 4.07. The highest BCUT2D eigenvalue weighted by Gasteiger charge is 2.10. The Bertz CT molecular complexity index is 589. The van der Waals surface area contributed by atoms with Crippen LogP contribution in [0.25, 0.3) is 0 Å². The highest BCUT2D eigenvalue weighted by Crippen LogP contribution is 2.33. The van der Waals surface area contributed by atoms with Crippen molar-refractivity contribution in [1.29, 1.82) is 0 Å². The van der Waals surface area contributed by atoms with Crippen LogP contribution in [0.2, 0.25) is 5.02 Å². The monoisotopic (exact) mass is 279 g/mol. The molecular formula is C12H10ClN3OS. The third-order valence-electron chi connectivity index (χ3n) is 2.20. The average molecular weight is 280 g/mol. The van der Waals surface area contributed by atoms with Crippen molar-refractivity contribution in [3.05, 3.63) is 53.2 Å². The lowest BCUT2D eigenvalue weighted by atomic mass is 10.2. The lowest BCUT2D eigenvalue weighted by Crippen LogP contribution is -2.14. The molecule has 18 heavy (non-hydrogen) atoms. The molecule has 0 atom stereocenters. The average Bonchev–Trinajstić information content (AvgIpc) is 2.41. The van der Waals surface area contributed by atoms with Crippen LogP contribution in [0.3, 0.4) is 0 Å². The zero-order chi connectivity index (χ0) is 13.0. The highest BCUT2D eigenvalue weighted by atomic mass is 35.5. The normalized spacial score (nSPS) is 11.5. The Labute approximate surface area is 113 Å². The van der Waals surface area contributed by atoms with E-state index >= 15 is 0 Å². The lowest BCUT2D eigenvalue weighted by Gasteiger charge is -2.07. The minimum atomic E-state index is 0.0603. The van der Waals surface area contributed by atoms with Crippen LogP contribution in [0, 0.1) is 0 Å². The summed E-state index contributed by atoms with van der Waals surface area (Å²) in [6.07, 6.45) is 1.67. The number of halogens is 1. The number of oxime groups is 1. The Hall–Kier alpha value is -1.72. The number of hydrogen-bond donors (Lipinski definition) is 2. The standard InChI is InChI=1S/C12H10ClN3OS/c13-9-5-3-7-15-12(9)18-10-6-2-1-4-8(10)11(14)16-17/h1-7,17H,(H2,14,16). The Morgan fingerprint density at radius 2 is 2.06 bits per heavy atom. The second-order valence-corrected chi connectivity index (χ2v) is 4.81. The molecule has 1 heterocycles. The molecule has 1 aromatic carbocycles. The smallest absolute Gasteiger partial charge is 0.171 e. The molecule has 0 fully saturated rings. The summed E-state index contributed by atoms with van der Waals surface area (Å²) < 4.78 is 0. The van der Waals surface area contributed by atoms with Gasteiger partial charge in [0.2, 0.25) is 0 Å². The first-order valence-electron chi connectivity index (χ1n) is 5.07. The van der Waals surface area contributed by atoms with Crippen LogP contribution < -0.4 is 5.73 Å². The number of benzene rings is 1. The molecule has 0 bridgehead atoms. The van der Waals surface area contributed by atoms with Crippen molar-refractivity contribution < 1.29 is 5.21 Å². The largest absolute Gasteiger partial charge is 0.409 e. The maximum Gasteiger partial charge on any atom is 0.171 e. The van der Waals surface area contributed by atoms with Gasteiger partial charge in [0.1, 0.15) is 5.03 Å². The molecule has 4 nitrogen and oxygen atoms in total. The van der Waals surface area contributed by atoms with Gasteiger partial charge in [-0.2, -0.15) is 0 Å². The van der Waals surface area contributed by atoms with Crippen molar-refractivity contribution in [3.63, 3.8) is 0 Å². The molecule has 2 aromatic rings. The summed E-state index contributed by atoms with van der Waals surface area (Å²) in [7, 11) is 0. The number of nitrogens with zero attached hydrogens (tertiary/aromatic N) is 2. The molecule has 0 aliphatic rings. The fourth-order valence-corrected chi connectivity index (χ4v) is 2.53. The van der Waals surface area contributed by atoms with Gasteiger partial charge in [0.15, 0.2) is 5.84 Å². The van der Waals surface area contributed by atoms with Gasteiger partial charge < -0.3 is 10.9 Å². The van der Waals surface area contributed by atoms with Crippen molar-refractivity contribution in [2.24, 2.45) is 10.9 Å². The summed E-state index contributed by atoms with van der Waals surface area (Å²) in [5, 5.41) is 13.0. The molecule has 0 aliphatic heterocycles. The van der Waals surface area contributed by atoms with Crippen molar-refractivity contribution in [2.45, 2.75) is 9.92 Å². The molecule has 0 spiro atoms. The number of aromatic nitrogens is 1. The Morgan fingerprint density at radius 3 is 2.78 bits per heavy atom. The van der Waals surface area contributed by atoms with E-state index in [0.717, 1.165) is 4.90 Å². The summed E-state index contributed by atoms with van der Waals surface area (Å²) in [6, 6.07) is 10.9. The fraction of sp³-hybridized carbons (Fsp3) is 0. The molecule has 2 rings (SSSR count). The van der Waals surface area contributed by atoms with E-state index in [-0.39, 0.29) is 5.84 Å². The van der Waals surface area contributed by atoms with Gasteiger partial charge >= 0.3 is 0 Å². The second-order valence-electron chi connectivity index (χ2n) is 3.37. The minimum Gasteiger partial charge on any atom is -0.409 e. The van der Waals surface area contributed by atoms with Gasteiger partial charge in [-0.3, -0.25) is 0 Å². The van der Waals surface area contributed by atoms with Crippen LogP contribution in [0.15, 0.2) is 57.7 Å². The van der Waals surface area contributed by atoms with Crippen LogP contribution in [-0.2, 0) is 0 Å². The van der Waals surface area contributed by atoms with Gasteiger partial charge in [0.25, 0.3) is 0 Å². The molecule has 92 valence electrons. The lowest BCUT2D eigenvalue weighted by molar-refractivity contribution is 0.318. The van der Waals surface area contributed by atoms with E-state index < -0.39 is 0 Å². The number of hydrogen-bond acceptors (Lipinski definition) is 4. The number of nitrogens with two attached hydrogens (primary N) is 1. The molecule has 0 radical (unpaired) electrons. The van der Waals surface area contributed by atoms with Gasteiger partial charge in [-0.05, 0) is 18.2 Å². The van der Waals surface area contributed by atoms with Crippen LogP contribution in [0.4, 0.5) is 0 Å². The van der Waals surface area contributed by atoms with E-state index in [1.807, 2.05) is 18.2 Å². The van der Waals surface area contributed by atoms with Gasteiger partial charge in [0.05, 0.1) is 5.02 Å². The van der Waals surface area contributed by atoms with E-state index in [0.29, 0.717) is 15.6 Å². The predicted octanol–water partition coefficient (Wildman–Crippen LogP) is 2.98. The summed E-state index contributed by atoms with van der Waals surface area (Å²) >= 11 is 7.42. The van der Waals surface area contributed by atoms with E-state index in [2.05, 4.69) is 10.1 Å². The highest BCUT2D eigenvalue weighted by molar-refractivity contribution is 7.99. The molecular weight excluding hydrogens is 270 g/mol. The van der Waals surface area contributed by atoms with E-state index in [1.165, 1.54) is 11.8 Å². The van der Waals surface area contributed by atoms with Gasteiger partial charge in [-0.1, -0.05) is 46.7 Å². The van der Waals surface area contributed by atoms with Crippen LogP contribution in [0.5, 0.6) is 0 Å². The number of amidine groups is 1. The zero-order valence-corrected chi connectivity index (χ0v) is 10.8. The molecule has 0 saturated heterocycles. The van der Waals surface area contributed by atoms with Gasteiger partial charge in [-0.15, -0.1) is 0 Å². The Balaban J connectivity index is 2.38. The molecule has 3 N–H and O–H groups in total. The first kappa shape index (κ1) is 12.7. The molecule has 0 saturated carbocycles. The molecule has 0 unspecified atom stereocenters. The van der Waals surface area contributed by atoms with Gasteiger partial charge in [0, 0.05) is 16.7 Å². The molecule has 0 aliphatic carbocycles. The maximum atomic E-state index is 8.75. The van der Waals surface area contributed by atoms with E-state index in [4.69, 9.17) is 22.5 Å². The van der Waals surface area contributed by atoms with Crippen molar-refractivity contribution >= 4 is 29.2 Å². The summed E-state index contributed by atoms with van der Waals surface area (Å²) in [5.74, 6) is 0.0603. The maximum absolute atomic E-state index is 8.75. The molecule has 1 aromatic heterocycles. The van der Waals surface area contributed by atoms with Gasteiger partial charge in [-0.25, -0.2) is 4.98 Å². The summed E-state index contributed by atoms with van der Waals surface area (Å²) in [4.78, 5) is 5.01. The van der Waals surface area contributed by atoms with Crippen molar-refractivity contribution in [3.8, 4) is 0 Å². The quantitative estimate of drug-likeness (QED) is 0.392. The number of pyridine rings is 1. The Morgan fingerprint density at radius 1 is 1.28 bits per heavy atom. The summed E-state index contributed by atoms with van der Waals surface area (Å²) in [6.45, 7) is 0. The third-order valence-corrected chi connectivity index (χ3v) is 3.71. The second kappa shape index (κ2) is 5.75. The predicted molar refractivity (Wildman–Crippen MR) is 72.3 cm³/mol. The fourth-order valence-electron chi connectivity index (χ4n) is 1.37. The first-order valence-corrected chi connectivity index (χ1v) is 6.27. The molecule has 6 heteroatoms. The molecule has 0 amide bonds. The minimum absolute atomic E-state index is 0.0603. The summed E-state index contributed by atoms with van der Waals surface area (Å²) in [5.41, 5.74) is 6.27. The van der Waals surface area contributed by atoms with E-state index in [9.17, 15) is 0 Å². The van der Waals surface area contributed by atoms with E-state index in [1.54, 1.807) is 24.4 Å². The van der Waals surface area contributed by atoms with Crippen LogP contribution in [0.1, 0.15) is 5.56 Å². The van der Waals surface area contributed by atoms with Crippen molar-refractivity contribution in [2.75, 3.05) is 0 Å². The van der Waals surface area contributed by atoms with Crippen molar-refractivity contribution in [1.82, 2.24) is 4.98 Å². The zero-order valence-electron chi connectivity index (χ0n) is 9.25. The SMILES string of the molecule is NC(=NO)c1ccccc1Sc1ncccc1Cl. The number of rotatable bonds is 3.